The fourth-order valence-corrected chi connectivity index (χ4v) is 2.81. The van der Waals surface area contributed by atoms with Gasteiger partial charge in [0.05, 0.1) is 17.3 Å². The van der Waals surface area contributed by atoms with Crippen molar-refractivity contribution in [1.82, 2.24) is 25.1 Å². The van der Waals surface area contributed by atoms with Crippen LogP contribution in [-0.2, 0) is 7.05 Å². The van der Waals surface area contributed by atoms with E-state index in [0.717, 1.165) is 30.1 Å². The summed E-state index contributed by atoms with van der Waals surface area (Å²) in [5.41, 5.74) is 2.46. The molecule has 0 radical (unpaired) electrons. The number of carbonyl (C=O) groups excluding carboxylic acids is 1. The quantitative estimate of drug-likeness (QED) is 0.890. The predicted octanol–water partition coefficient (Wildman–Crippen LogP) is 2.46. The highest BCUT2D eigenvalue weighted by atomic mass is 16.1. The Hall–Kier alpha value is -2.11. The molecule has 1 amide bonds. The Bertz CT molecular complexity index is 681. The summed E-state index contributed by atoms with van der Waals surface area (Å²) in [6.45, 7) is 6.08. The number of hydrogen-bond acceptors (Lipinski definition) is 3. The first-order valence-electron chi connectivity index (χ1n) is 7.82. The zero-order valence-corrected chi connectivity index (χ0v) is 13.6. The van der Waals surface area contributed by atoms with Crippen LogP contribution in [0.2, 0.25) is 0 Å². The van der Waals surface area contributed by atoms with Gasteiger partial charge in [-0.15, -0.1) is 0 Å². The third kappa shape index (κ3) is 2.65. The summed E-state index contributed by atoms with van der Waals surface area (Å²) in [6, 6.07) is -0.117. The topological polar surface area (TPSA) is 75.6 Å². The Kier molecular flexibility index (Phi) is 3.76. The molecule has 6 heteroatoms. The van der Waals surface area contributed by atoms with Gasteiger partial charge < -0.3 is 9.88 Å². The lowest BCUT2D eigenvalue weighted by Gasteiger charge is -2.22. The monoisotopic (exact) mass is 301 g/mol. The Balaban J connectivity index is 1.86. The smallest absolute Gasteiger partial charge is 0.255 e. The number of imidazole rings is 1. The number of aryl methyl sites for hydroxylation is 2. The largest absolute Gasteiger partial charge is 0.342 e. The molecular formula is C16H23N5O. The highest BCUT2D eigenvalue weighted by Crippen LogP contribution is 2.41. The van der Waals surface area contributed by atoms with E-state index in [-0.39, 0.29) is 17.9 Å². The minimum atomic E-state index is -0.117. The van der Waals surface area contributed by atoms with Crippen LogP contribution in [0, 0.1) is 12.8 Å². The highest BCUT2D eigenvalue weighted by molar-refractivity contribution is 5.96. The lowest BCUT2D eigenvalue weighted by molar-refractivity contribution is 0.0921. The average Bonchev–Trinajstić information content (AvgIpc) is 3.11. The molecule has 2 aromatic heterocycles. The van der Waals surface area contributed by atoms with Crippen molar-refractivity contribution in [3.63, 3.8) is 0 Å². The van der Waals surface area contributed by atoms with Crippen molar-refractivity contribution in [3.05, 3.63) is 35.2 Å². The van der Waals surface area contributed by atoms with E-state index in [0.29, 0.717) is 11.5 Å². The van der Waals surface area contributed by atoms with Crippen LogP contribution in [0.5, 0.6) is 0 Å². The molecule has 0 aromatic carbocycles. The van der Waals surface area contributed by atoms with E-state index in [1.165, 1.54) is 0 Å². The fraction of sp³-hybridized carbons (Fsp3) is 0.562. The van der Waals surface area contributed by atoms with Gasteiger partial charge in [-0.25, -0.2) is 4.98 Å². The summed E-state index contributed by atoms with van der Waals surface area (Å²) in [6.07, 6.45) is 5.90. The minimum Gasteiger partial charge on any atom is -0.342 e. The number of aromatic amines is 1. The molecule has 6 nitrogen and oxygen atoms in total. The lowest BCUT2D eigenvalue weighted by Crippen LogP contribution is -2.34. The number of nitrogens with zero attached hydrogens (tertiary/aromatic N) is 3. The fourth-order valence-electron chi connectivity index (χ4n) is 2.81. The van der Waals surface area contributed by atoms with Crippen molar-refractivity contribution < 1.29 is 4.79 Å². The molecule has 2 N–H and O–H groups in total. The van der Waals surface area contributed by atoms with Crippen molar-refractivity contribution in [3.8, 4) is 0 Å². The molecule has 1 saturated carbocycles. The van der Waals surface area contributed by atoms with E-state index < -0.39 is 0 Å². The maximum atomic E-state index is 12.8. The van der Waals surface area contributed by atoms with Crippen LogP contribution in [0.1, 0.15) is 66.2 Å². The van der Waals surface area contributed by atoms with E-state index in [1.54, 1.807) is 6.20 Å². The van der Waals surface area contributed by atoms with Gasteiger partial charge in [0.1, 0.15) is 5.82 Å². The van der Waals surface area contributed by atoms with Crippen LogP contribution >= 0.6 is 0 Å². The standard InChI is InChI=1S/C16H23N5O/c1-9(2)13(15-17-7-8-21(15)4)18-16(22)12-10(3)19-20-14(12)11-5-6-11/h7-9,11,13H,5-6H2,1-4H3,(H,18,22)(H,19,20)/t13-/m1/s1. The van der Waals surface area contributed by atoms with Gasteiger partial charge in [-0.2, -0.15) is 5.10 Å². The summed E-state index contributed by atoms with van der Waals surface area (Å²) in [4.78, 5) is 17.2. The molecule has 0 aliphatic heterocycles. The van der Waals surface area contributed by atoms with Crippen molar-refractivity contribution in [2.24, 2.45) is 13.0 Å². The Morgan fingerprint density at radius 3 is 2.73 bits per heavy atom. The molecule has 118 valence electrons. The molecule has 2 heterocycles. The maximum Gasteiger partial charge on any atom is 0.255 e. The van der Waals surface area contributed by atoms with Gasteiger partial charge in [-0.3, -0.25) is 9.89 Å². The summed E-state index contributed by atoms with van der Waals surface area (Å²) in [7, 11) is 1.95. The molecular weight excluding hydrogens is 278 g/mol. The molecule has 0 bridgehead atoms. The van der Waals surface area contributed by atoms with E-state index in [1.807, 2.05) is 24.7 Å². The molecule has 0 unspecified atom stereocenters. The molecule has 22 heavy (non-hydrogen) atoms. The van der Waals surface area contributed by atoms with Crippen molar-refractivity contribution in [1.29, 1.82) is 0 Å². The second-order valence-electron chi connectivity index (χ2n) is 6.47. The summed E-state index contributed by atoms with van der Waals surface area (Å²) >= 11 is 0. The van der Waals surface area contributed by atoms with E-state index in [2.05, 4.69) is 34.3 Å². The van der Waals surface area contributed by atoms with Crippen LogP contribution in [0.15, 0.2) is 12.4 Å². The molecule has 1 aliphatic carbocycles. The van der Waals surface area contributed by atoms with Crippen LogP contribution in [0.3, 0.4) is 0 Å². The maximum absolute atomic E-state index is 12.8. The minimum absolute atomic E-state index is 0.0603. The molecule has 0 saturated heterocycles. The number of H-pyrrole nitrogens is 1. The number of carbonyl (C=O) groups is 1. The number of hydrogen-bond donors (Lipinski definition) is 2. The third-order valence-electron chi connectivity index (χ3n) is 4.26. The van der Waals surface area contributed by atoms with Gasteiger partial charge in [-0.1, -0.05) is 13.8 Å². The lowest BCUT2D eigenvalue weighted by atomic mass is 10.0. The first-order chi connectivity index (χ1) is 10.5. The molecule has 0 spiro atoms. The summed E-state index contributed by atoms with van der Waals surface area (Å²) in [5, 5.41) is 10.4. The molecule has 1 fully saturated rings. The van der Waals surface area contributed by atoms with Gasteiger partial charge in [0.25, 0.3) is 5.91 Å². The second-order valence-corrected chi connectivity index (χ2v) is 6.47. The Morgan fingerprint density at radius 1 is 1.45 bits per heavy atom. The Morgan fingerprint density at radius 2 is 2.18 bits per heavy atom. The Labute approximate surface area is 130 Å². The van der Waals surface area contributed by atoms with Crippen LogP contribution in [0.4, 0.5) is 0 Å². The van der Waals surface area contributed by atoms with Gasteiger partial charge in [-0.05, 0) is 25.7 Å². The molecule has 3 rings (SSSR count). The van der Waals surface area contributed by atoms with Gasteiger partial charge in [0.2, 0.25) is 0 Å². The summed E-state index contributed by atoms with van der Waals surface area (Å²) < 4.78 is 1.95. The number of amides is 1. The van der Waals surface area contributed by atoms with Crippen LogP contribution in [-0.4, -0.2) is 25.7 Å². The SMILES string of the molecule is Cc1[nH]nc(C2CC2)c1C(=O)N[C@@H](c1nccn1C)C(C)C. The third-order valence-corrected chi connectivity index (χ3v) is 4.26. The molecule has 2 aromatic rings. The van der Waals surface area contributed by atoms with Crippen LogP contribution < -0.4 is 5.32 Å². The first kappa shape index (κ1) is 14.8. The zero-order valence-electron chi connectivity index (χ0n) is 13.6. The molecule has 1 aliphatic rings. The zero-order chi connectivity index (χ0) is 15.9. The normalized spacial score (nSPS) is 16.0. The first-order valence-corrected chi connectivity index (χ1v) is 7.82. The van der Waals surface area contributed by atoms with Gasteiger partial charge in [0.15, 0.2) is 0 Å². The van der Waals surface area contributed by atoms with E-state index in [9.17, 15) is 4.79 Å². The van der Waals surface area contributed by atoms with Crippen molar-refractivity contribution in [2.45, 2.75) is 45.6 Å². The van der Waals surface area contributed by atoms with E-state index >= 15 is 0 Å². The van der Waals surface area contributed by atoms with Crippen molar-refractivity contribution >= 4 is 5.91 Å². The molecule has 1 atom stereocenters. The predicted molar refractivity (Wildman–Crippen MR) is 83.6 cm³/mol. The number of aromatic nitrogens is 4. The average molecular weight is 301 g/mol. The summed E-state index contributed by atoms with van der Waals surface area (Å²) in [5.74, 6) is 1.50. The number of nitrogens with one attached hydrogen (secondary N) is 2. The van der Waals surface area contributed by atoms with Gasteiger partial charge >= 0.3 is 0 Å². The van der Waals surface area contributed by atoms with Gasteiger partial charge in [0, 0.05) is 31.1 Å². The highest BCUT2D eigenvalue weighted by Gasteiger charge is 2.33. The van der Waals surface area contributed by atoms with E-state index in [4.69, 9.17) is 0 Å². The van der Waals surface area contributed by atoms with Crippen molar-refractivity contribution in [2.75, 3.05) is 0 Å². The second kappa shape index (κ2) is 5.59. The van der Waals surface area contributed by atoms with Crippen LogP contribution in [0.25, 0.3) is 0 Å². The number of rotatable bonds is 5.